The number of aromatic nitrogens is 2. The average Bonchev–Trinajstić information content (AvgIpc) is 3.23. The van der Waals surface area contributed by atoms with Crippen LogP contribution >= 0.6 is 0 Å². The second-order valence-electron chi connectivity index (χ2n) is 6.92. The maximum atomic E-state index is 14.3. The molecule has 0 radical (unpaired) electrons. The van der Waals surface area contributed by atoms with Crippen LogP contribution in [0.5, 0.6) is 11.5 Å². The topological polar surface area (TPSA) is 67.5 Å². The molecule has 1 unspecified atom stereocenters. The monoisotopic (exact) mass is 404 g/mol. The van der Waals surface area contributed by atoms with E-state index in [1.165, 1.54) is 23.0 Å². The number of rotatable bonds is 6. The zero-order chi connectivity index (χ0) is 21.1. The number of hydrogen-bond donors (Lipinski definition) is 2. The summed E-state index contributed by atoms with van der Waals surface area (Å²) in [7, 11) is 1.61. The molecule has 0 aliphatic heterocycles. The van der Waals surface area contributed by atoms with Gasteiger partial charge in [0.25, 0.3) is 0 Å². The van der Waals surface area contributed by atoms with E-state index in [0.29, 0.717) is 23.2 Å². The van der Waals surface area contributed by atoms with Crippen molar-refractivity contribution in [3.8, 4) is 28.4 Å². The van der Waals surface area contributed by atoms with Crippen molar-refractivity contribution in [1.82, 2.24) is 9.78 Å². The summed E-state index contributed by atoms with van der Waals surface area (Å²) in [6, 6.07) is 20.7. The highest BCUT2D eigenvalue weighted by Gasteiger charge is 2.19. The molecule has 6 heteroatoms. The third-order valence-electron chi connectivity index (χ3n) is 5.06. The van der Waals surface area contributed by atoms with E-state index in [1.54, 1.807) is 37.4 Å². The summed E-state index contributed by atoms with van der Waals surface area (Å²) >= 11 is 0. The zero-order valence-corrected chi connectivity index (χ0v) is 16.4. The smallest absolute Gasteiger partial charge is 0.148 e. The summed E-state index contributed by atoms with van der Waals surface area (Å²) in [4.78, 5) is 0. The Bertz CT molecular complexity index is 1160. The second kappa shape index (κ2) is 8.39. The Morgan fingerprint density at radius 2 is 1.70 bits per heavy atom. The van der Waals surface area contributed by atoms with E-state index in [2.05, 4.69) is 5.10 Å². The first-order chi connectivity index (χ1) is 14.6. The van der Waals surface area contributed by atoms with Crippen molar-refractivity contribution in [3.05, 3.63) is 95.9 Å². The number of halogens is 1. The summed E-state index contributed by atoms with van der Waals surface area (Å²) in [5.74, 6) is -0.585. The van der Waals surface area contributed by atoms with Crippen LogP contribution in [0.2, 0.25) is 0 Å². The van der Waals surface area contributed by atoms with Crippen molar-refractivity contribution in [2.75, 3.05) is 7.11 Å². The lowest BCUT2D eigenvalue weighted by molar-refractivity contribution is 0.103. The van der Waals surface area contributed by atoms with Gasteiger partial charge in [0.15, 0.2) is 0 Å². The number of phenolic OH excluding ortho intramolecular Hbond substituents is 2. The van der Waals surface area contributed by atoms with Gasteiger partial charge < -0.3 is 14.9 Å². The normalized spacial score (nSPS) is 12.1. The number of phenols is 2. The van der Waals surface area contributed by atoms with Crippen LogP contribution in [0.15, 0.2) is 79.0 Å². The molecule has 5 nitrogen and oxygen atoms in total. The minimum atomic E-state index is -0.426. The number of hydrogen-bond acceptors (Lipinski definition) is 4. The Labute approximate surface area is 173 Å². The van der Waals surface area contributed by atoms with E-state index >= 15 is 0 Å². The number of aromatic hydroxyl groups is 2. The fourth-order valence-corrected chi connectivity index (χ4v) is 3.52. The molecule has 0 spiro atoms. The summed E-state index contributed by atoms with van der Waals surface area (Å²) in [5.41, 5.74) is 2.79. The molecule has 1 aromatic heterocycles. The number of ether oxygens (including phenoxy) is 1. The summed E-state index contributed by atoms with van der Waals surface area (Å²) in [6.07, 6.45) is 1.66. The first kappa shape index (κ1) is 19.7. The minimum Gasteiger partial charge on any atom is -0.508 e. The van der Waals surface area contributed by atoms with E-state index in [0.717, 1.165) is 5.56 Å². The lowest BCUT2D eigenvalue weighted by Crippen LogP contribution is -2.06. The van der Waals surface area contributed by atoms with Crippen molar-refractivity contribution < 1.29 is 19.3 Å². The zero-order valence-electron chi connectivity index (χ0n) is 16.4. The first-order valence-electron chi connectivity index (χ1n) is 9.50. The molecular weight excluding hydrogens is 383 g/mol. The van der Waals surface area contributed by atoms with Gasteiger partial charge in [-0.05, 0) is 35.4 Å². The van der Waals surface area contributed by atoms with Crippen molar-refractivity contribution in [1.29, 1.82) is 0 Å². The molecule has 0 saturated heterocycles. The van der Waals surface area contributed by atoms with Gasteiger partial charge in [-0.25, -0.2) is 9.07 Å². The highest BCUT2D eigenvalue weighted by atomic mass is 19.1. The number of para-hydroxylation sites is 1. The fraction of sp³-hybridized carbons (Fsp3) is 0.125. The standard InChI is InChI=1S/C24H21FN2O3/c1-30-24(16-7-3-2-4-8-16)14-17-13-18(23(29)15-22(17)28)20-11-12-26-27(20)21-10-6-5-9-19(21)25/h2-13,15,24,28-29H,14H2,1H3. The molecule has 0 saturated carbocycles. The van der Waals surface area contributed by atoms with Crippen LogP contribution in [0.25, 0.3) is 16.9 Å². The van der Waals surface area contributed by atoms with Crippen LogP contribution in [0.1, 0.15) is 17.2 Å². The molecule has 3 aromatic carbocycles. The molecule has 0 fully saturated rings. The molecule has 0 amide bonds. The minimum absolute atomic E-state index is 0.0359. The Balaban J connectivity index is 1.75. The van der Waals surface area contributed by atoms with Gasteiger partial charge in [0.1, 0.15) is 23.0 Å². The Kier molecular flexibility index (Phi) is 5.50. The molecule has 4 aromatic rings. The lowest BCUT2D eigenvalue weighted by Gasteiger charge is -2.18. The third kappa shape index (κ3) is 3.77. The largest absolute Gasteiger partial charge is 0.508 e. The summed E-state index contributed by atoms with van der Waals surface area (Å²) < 4.78 is 21.4. The van der Waals surface area contributed by atoms with Gasteiger partial charge in [-0.2, -0.15) is 5.10 Å². The highest BCUT2D eigenvalue weighted by Crippen LogP contribution is 2.38. The van der Waals surface area contributed by atoms with Gasteiger partial charge in [-0.1, -0.05) is 42.5 Å². The van der Waals surface area contributed by atoms with Gasteiger partial charge in [-0.15, -0.1) is 0 Å². The van der Waals surface area contributed by atoms with E-state index in [4.69, 9.17) is 4.74 Å². The quantitative estimate of drug-likeness (QED) is 0.474. The van der Waals surface area contributed by atoms with Crippen LogP contribution in [0, 0.1) is 5.82 Å². The van der Waals surface area contributed by atoms with E-state index < -0.39 is 5.82 Å². The van der Waals surface area contributed by atoms with Crippen molar-refractivity contribution in [2.45, 2.75) is 12.5 Å². The van der Waals surface area contributed by atoms with Gasteiger partial charge >= 0.3 is 0 Å². The van der Waals surface area contributed by atoms with Gasteiger partial charge in [-0.3, -0.25) is 0 Å². The maximum Gasteiger partial charge on any atom is 0.148 e. The molecule has 4 rings (SSSR count). The molecule has 0 bridgehead atoms. The predicted molar refractivity (Wildman–Crippen MR) is 112 cm³/mol. The number of benzene rings is 3. The first-order valence-corrected chi connectivity index (χ1v) is 9.50. The molecule has 0 aliphatic carbocycles. The summed E-state index contributed by atoms with van der Waals surface area (Å²) in [5, 5.41) is 25.2. The van der Waals surface area contributed by atoms with Crippen LogP contribution in [-0.4, -0.2) is 27.1 Å². The molecule has 0 aliphatic rings. The predicted octanol–water partition coefficient (Wildman–Crippen LogP) is 5.02. The van der Waals surface area contributed by atoms with E-state index in [9.17, 15) is 14.6 Å². The number of nitrogens with zero attached hydrogens (tertiary/aromatic N) is 2. The van der Waals surface area contributed by atoms with Crippen LogP contribution in [-0.2, 0) is 11.2 Å². The molecule has 2 N–H and O–H groups in total. The van der Waals surface area contributed by atoms with Crippen LogP contribution in [0.4, 0.5) is 4.39 Å². The molecular formula is C24H21FN2O3. The van der Waals surface area contributed by atoms with Crippen molar-refractivity contribution in [3.63, 3.8) is 0 Å². The second-order valence-corrected chi connectivity index (χ2v) is 6.92. The van der Waals surface area contributed by atoms with E-state index in [1.807, 2.05) is 30.3 Å². The Hall–Kier alpha value is -3.64. The molecule has 30 heavy (non-hydrogen) atoms. The Morgan fingerprint density at radius 1 is 0.967 bits per heavy atom. The maximum absolute atomic E-state index is 14.3. The fourth-order valence-electron chi connectivity index (χ4n) is 3.52. The molecule has 1 atom stereocenters. The SMILES string of the molecule is COC(Cc1cc(-c2ccnn2-c2ccccc2F)c(O)cc1O)c1ccccc1. The van der Waals surface area contributed by atoms with Gasteiger partial charge in [0.2, 0.25) is 0 Å². The number of methoxy groups -OCH3 is 1. The average molecular weight is 404 g/mol. The van der Waals surface area contributed by atoms with Crippen LogP contribution < -0.4 is 0 Å². The third-order valence-corrected chi connectivity index (χ3v) is 5.06. The van der Waals surface area contributed by atoms with E-state index in [-0.39, 0.29) is 23.3 Å². The van der Waals surface area contributed by atoms with Gasteiger partial charge in [0, 0.05) is 25.2 Å². The van der Waals surface area contributed by atoms with Crippen LogP contribution in [0.3, 0.4) is 0 Å². The molecule has 1 heterocycles. The molecule has 152 valence electrons. The van der Waals surface area contributed by atoms with Gasteiger partial charge in [0.05, 0.1) is 18.0 Å². The summed E-state index contributed by atoms with van der Waals surface area (Å²) in [6.45, 7) is 0. The van der Waals surface area contributed by atoms with Crippen molar-refractivity contribution >= 4 is 0 Å². The highest BCUT2D eigenvalue weighted by molar-refractivity contribution is 5.71. The lowest BCUT2D eigenvalue weighted by atomic mass is 9.97. The van der Waals surface area contributed by atoms with Crippen molar-refractivity contribution in [2.24, 2.45) is 0 Å². The Morgan fingerprint density at radius 3 is 2.43 bits per heavy atom.